The second-order valence-electron chi connectivity index (χ2n) is 6.78. The van der Waals surface area contributed by atoms with Crippen LogP contribution in [-0.4, -0.2) is 10.9 Å². The van der Waals surface area contributed by atoms with Crippen LogP contribution in [-0.2, 0) is 0 Å². The van der Waals surface area contributed by atoms with Crippen LogP contribution in [0.5, 0.6) is 0 Å². The van der Waals surface area contributed by atoms with Crippen LogP contribution >= 0.6 is 39.1 Å². The first-order chi connectivity index (χ1) is 14.4. The van der Waals surface area contributed by atoms with E-state index in [4.69, 9.17) is 27.6 Å². The highest BCUT2D eigenvalue weighted by Gasteiger charge is 2.44. The summed E-state index contributed by atoms with van der Waals surface area (Å²) < 4.78 is 6.71. The average molecular weight is 502 g/mol. The largest absolute Gasteiger partial charge is 0.450 e. The number of anilines is 1. The predicted octanol–water partition coefficient (Wildman–Crippen LogP) is 6.01. The lowest BCUT2D eigenvalue weighted by atomic mass is 9.98. The van der Waals surface area contributed by atoms with Gasteiger partial charge in [-0.25, -0.2) is 4.98 Å². The molecule has 0 aliphatic carbocycles. The average Bonchev–Trinajstić information content (AvgIpc) is 3.02. The molecule has 0 N–H and O–H groups in total. The second kappa shape index (κ2) is 7.23. The molecule has 1 amide bonds. The van der Waals surface area contributed by atoms with Gasteiger partial charge in [-0.3, -0.25) is 14.5 Å². The molecule has 2 aromatic heterocycles. The SMILES string of the molecule is O=C1c2oc3ccc(Cl)cc3c(=O)c2C(c2cccc(Br)c2)N1c1ccc(Cl)cn1. The molecule has 1 unspecified atom stereocenters. The number of nitrogens with zero attached hydrogens (tertiary/aromatic N) is 2. The zero-order valence-electron chi connectivity index (χ0n) is 15.1. The van der Waals surface area contributed by atoms with E-state index in [2.05, 4.69) is 20.9 Å². The third kappa shape index (κ3) is 3.03. The van der Waals surface area contributed by atoms with Crippen molar-refractivity contribution in [2.75, 3.05) is 4.90 Å². The fraction of sp³-hybridized carbons (Fsp3) is 0.0455. The molecule has 1 aliphatic heterocycles. The van der Waals surface area contributed by atoms with Crippen molar-refractivity contribution in [1.29, 1.82) is 0 Å². The van der Waals surface area contributed by atoms with Crippen LogP contribution in [0.4, 0.5) is 5.82 Å². The molecule has 0 saturated carbocycles. The van der Waals surface area contributed by atoms with Crippen LogP contribution in [0.3, 0.4) is 0 Å². The van der Waals surface area contributed by atoms with Crippen LogP contribution in [0, 0.1) is 0 Å². The molecule has 1 atom stereocenters. The number of hydrogen-bond donors (Lipinski definition) is 0. The van der Waals surface area contributed by atoms with Crippen LogP contribution < -0.4 is 10.3 Å². The zero-order valence-corrected chi connectivity index (χ0v) is 18.2. The van der Waals surface area contributed by atoms with Crippen LogP contribution in [0.2, 0.25) is 10.0 Å². The van der Waals surface area contributed by atoms with Crippen LogP contribution in [0.1, 0.15) is 27.7 Å². The predicted molar refractivity (Wildman–Crippen MR) is 120 cm³/mol. The quantitative estimate of drug-likeness (QED) is 0.337. The van der Waals surface area contributed by atoms with E-state index in [1.165, 1.54) is 11.1 Å². The summed E-state index contributed by atoms with van der Waals surface area (Å²) in [6.07, 6.45) is 1.46. The van der Waals surface area contributed by atoms with Gasteiger partial charge in [-0.1, -0.05) is 51.3 Å². The van der Waals surface area contributed by atoms with Crippen molar-refractivity contribution in [2.24, 2.45) is 0 Å². The first kappa shape index (κ1) is 19.3. The Kier molecular flexibility index (Phi) is 4.65. The number of amides is 1. The van der Waals surface area contributed by atoms with E-state index in [0.29, 0.717) is 26.8 Å². The van der Waals surface area contributed by atoms with Crippen molar-refractivity contribution < 1.29 is 9.21 Å². The van der Waals surface area contributed by atoms with Gasteiger partial charge in [0.2, 0.25) is 5.76 Å². The number of carbonyl (C=O) groups is 1. The Morgan fingerprint density at radius 2 is 1.80 bits per heavy atom. The van der Waals surface area contributed by atoms with Crippen molar-refractivity contribution in [2.45, 2.75) is 6.04 Å². The van der Waals surface area contributed by atoms with Gasteiger partial charge in [0.05, 0.1) is 22.0 Å². The molecule has 2 aromatic carbocycles. The van der Waals surface area contributed by atoms with E-state index < -0.39 is 11.9 Å². The molecule has 0 saturated heterocycles. The van der Waals surface area contributed by atoms with Gasteiger partial charge < -0.3 is 4.42 Å². The smallest absolute Gasteiger partial charge is 0.296 e. The van der Waals surface area contributed by atoms with E-state index in [1.54, 1.807) is 30.3 Å². The third-order valence-corrected chi connectivity index (χ3v) is 5.91. The Labute approximate surface area is 189 Å². The standard InChI is InChI=1S/C22H11BrCl2N2O3/c23-12-3-1-2-11(8-12)19-18-20(28)15-9-13(24)4-6-16(15)30-21(18)22(29)27(19)17-7-5-14(25)10-26-17/h1-10,19H. The number of halogens is 3. The Balaban J connectivity index is 1.83. The highest BCUT2D eigenvalue weighted by Crippen LogP contribution is 2.41. The summed E-state index contributed by atoms with van der Waals surface area (Å²) >= 11 is 15.5. The minimum Gasteiger partial charge on any atom is -0.450 e. The van der Waals surface area contributed by atoms with Crippen molar-refractivity contribution in [3.05, 3.63) is 102 Å². The van der Waals surface area contributed by atoms with Crippen molar-refractivity contribution >= 4 is 61.8 Å². The number of rotatable bonds is 2. The topological polar surface area (TPSA) is 63.4 Å². The first-order valence-electron chi connectivity index (χ1n) is 8.91. The van der Waals surface area contributed by atoms with Gasteiger partial charge in [-0.2, -0.15) is 0 Å². The van der Waals surface area contributed by atoms with E-state index in [-0.39, 0.29) is 16.8 Å². The summed E-state index contributed by atoms with van der Waals surface area (Å²) in [5, 5.41) is 1.17. The van der Waals surface area contributed by atoms with Crippen molar-refractivity contribution in [3.63, 3.8) is 0 Å². The Bertz CT molecular complexity index is 1390. The summed E-state index contributed by atoms with van der Waals surface area (Å²) in [6.45, 7) is 0. The van der Waals surface area contributed by atoms with Gasteiger partial charge in [-0.15, -0.1) is 0 Å². The molecule has 0 spiro atoms. The zero-order chi connectivity index (χ0) is 21.0. The lowest BCUT2D eigenvalue weighted by Gasteiger charge is -2.24. The maximum absolute atomic E-state index is 13.5. The van der Waals surface area contributed by atoms with Gasteiger partial charge in [0, 0.05) is 15.7 Å². The highest BCUT2D eigenvalue weighted by atomic mass is 79.9. The minimum absolute atomic E-state index is 0.00320. The minimum atomic E-state index is -0.710. The fourth-order valence-corrected chi connectivity index (χ4v) is 4.38. The van der Waals surface area contributed by atoms with E-state index in [9.17, 15) is 9.59 Å². The second-order valence-corrected chi connectivity index (χ2v) is 8.57. The van der Waals surface area contributed by atoms with Gasteiger partial charge in [0.15, 0.2) is 5.43 Å². The van der Waals surface area contributed by atoms with Crippen molar-refractivity contribution in [1.82, 2.24) is 4.98 Å². The maximum atomic E-state index is 13.5. The molecule has 0 radical (unpaired) electrons. The summed E-state index contributed by atoms with van der Waals surface area (Å²) in [6, 6.07) is 14.7. The van der Waals surface area contributed by atoms with Gasteiger partial charge in [0.25, 0.3) is 5.91 Å². The van der Waals surface area contributed by atoms with Gasteiger partial charge >= 0.3 is 0 Å². The molecule has 5 rings (SSSR count). The van der Waals surface area contributed by atoms with E-state index in [0.717, 1.165) is 10.0 Å². The molecule has 0 fully saturated rings. The molecular weight excluding hydrogens is 491 g/mol. The molecular formula is C22H11BrCl2N2O3. The van der Waals surface area contributed by atoms with E-state index >= 15 is 0 Å². The number of hydrogen-bond acceptors (Lipinski definition) is 4. The summed E-state index contributed by atoms with van der Waals surface area (Å²) in [5.41, 5.74) is 0.991. The molecule has 5 nitrogen and oxygen atoms in total. The molecule has 1 aliphatic rings. The third-order valence-electron chi connectivity index (χ3n) is 4.96. The van der Waals surface area contributed by atoms with Crippen LogP contribution in [0.15, 0.2) is 74.5 Å². The Hall–Kier alpha value is -2.67. The molecule has 0 bridgehead atoms. The van der Waals surface area contributed by atoms with Gasteiger partial charge in [0.1, 0.15) is 11.4 Å². The van der Waals surface area contributed by atoms with Crippen molar-refractivity contribution in [3.8, 4) is 0 Å². The normalized spacial score (nSPS) is 15.6. The molecule has 30 heavy (non-hydrogen) atoms. The maximum Gasteiger partial charge on any atom is 0.296 e. The monoisotopic (exact) mass is 500 g/mol. The van der Waals surface area contributed by atoms with Crippen LogP contribution in [0.25, 0.3) is 11.0 Å². The summed E-state index contributed by atoms with van der Waals surface area (Å²) in [5.74, 6) is -0.0856. The Morgan fingerprint density at radius 3 is 2.53 bits per heavy atom. The number of aromatic nitrogens is 1. The highest BCUT2D eigenvalue weighted by molar-refractivity contribution is 9.10. The lowest BCUT2D eigenvalue weighted by molar-refractivity contribution is 0.0970. The Morgan fingerprint density at radius 1 is 1.00 bits per heavy atom. The summed E-state index contributed by atoms with van der Waals surface area (Å²) in [4.78, 5) is 32.6. The first-order valence-corrected chi connectivity index (χ1v) is 10.5. The van der Waals surface area contributed by atoms with E-state index in [1.807, 2.05) is 24.3 Å². The van der Waals surface area contributed by atoms with Gasteiger partial charge in [-0.05, 0) is 48.0 Å². The fourth-order valence-electron chi connectivity index (χ4n) is 3.68. The molecule has 8 heteroatoms. The number of carbonyl (C=O) groups excluding carboxylic acids is 1. The molecule has 148 valence electrons. The lowest BCUT2D eigenvalue weighted by Crippen LogP contribution is -2.30. The molecule has 4 aromatic rings. The number of benzene rings is 2. The number of fused-ring (bicyclic) bond motifs is 2. The summed E-state index contributed by atoms with van der Waals surface area (Å²) in [7, 11) is 0. The molecule has 3 heterocycles. The number of pyridine rings is 1.